The minimum absolute atomic E-state index is 0.0727. The molecule has 148 valence electrons. The number of fused-ring (bicyclic) bond motifs is 3. The van der Waals surface area contributed by atoms with Crippen LogP contribution in [0, 0.1) is 0 Å². The second kappa shape index (κ2) is 8.00. The Balaban J connectivity index is 1.54. The first kappa shape index (κ1) is 19.7. The van der Waals surface area contributed by atoms with Crippen LogP contribution in [0.15, 0.2) is 64.5 Å². The molecule has 1 unspecified atom stereocenters. The zero-order valence-corrected chi connectivity index (χ0v) is 17.9. The quantitative estimate of drug-likeness (QED) is 0.531. The van der Waals surface area contributed by atoms with E-state index >= 15 is 0 Å². The Morgan fingerprint density at radius 2 is 1.69 bits per heavy atom. The molecule has 1 heterocycles. The Labute approximate surface area is 180 Å². The summed E-state index contributed by atoms with van der Waals surface area (Å²) >= 11 is 4.63. The van der Waals surface area contributed by atoms with E-state index in [2.05, 4.69) is 28.1 Å². The average Bonchev–Trinajstić information content (AvgIpc) is 3.27. The Morgan fingerprint density at radius 3 is 2.21 bits per heavy atom. The van der Waals surface area contributed by atoms with Crippen LogP contribution in [-0.2, 0) is 9.53 Å². The van der Waals surface area contributed by atoms with E-state index in [0.717, 1.165) is 27.2 Å². The van der Waals surface area contributed by atoms with Crippen molar-refractivity contribution in [1.29, 1.82) is 0 Å². The summed E-state index contributed by atoms with van der Waals surface area (Å²) in [7, 11) is 1.45. The molecule has 7 heteroatoms. The normalized spacial score (nSPS) is 13.4. The highest BCUT2D eigenvalue weighted by atomic mass is 79.9. The van der Waals surface area contributed by atoms with Gasteiger partial charge in [0.15, 0.2) is 6.04 Å². The number of hydrogen-bond donors (Lipinski definition) is 1. The third-order valence-electron chi connectivity index (χ3n) is 5.14. The molecule has 0 aliphatic heterocycles. The van der Waals surface area contributed by atoms with Gasteiger partial charge >= 0.3 is 12.1 Å². The number of ether oxygens (including phenoxy) is 1. The molecule has 1 aliphatic carbocycles. The predicted molar refractivity (Wildman–Crippen MR) is 115 cm³/mol. The van der Waals surface area contributed by atoms with Gasteiger partial charge in [-0.1, -0.05) is 48.5 Å². The minimum atomic E-state index is -1.11. The summed E-state index contributed by atoms with van der Waals surface area (Å²) in [5, 5.41) is 11.4. The van der Waals surface area contributed by atoms with Crippen LogP contribution in [0.1, 0.15) is 28.0 Å². The van der Waals surface area contributed by atoms with E-state index in [9.17, 15) is 14.7 Å². The SMILES string of the molecule is CN(C(=O)OCC1c2ccccc2-c2ccccc21)C(C(=O)O)c1sccc1Br. The number of carboxylic acid groups (broad SMARTS) is 1. The molecule has 0 saturated heterocycles. The summed E-state index contributed by atoms with van der Waals surface area (Å²) in [6, 6.07) is 16.8. The lowest BCUT2D eigenvalue weighted by molar-refractivity contribution is -0.142. The van der Waals surface area contributed by atoms with E-state index in [0.29, 0.717) is 9.35 Å². The molecule has 0 radical (unpaired) electrons. The van der Waals surface area contributed by atoms with Crippen LogP contribution in [0.5, 0.6) is 0 Å². The lowest BCUT2D eigenvalue weighted by Crippen LogP contribution is -2.36. The van der Waals surface area contributed by atoms with E-state index in [1.807, 2.05) is 36.4 Å². The number of halogens is 1. The molecule has 3 aromatic rings. The van der Waals surface area contributed by atoms with Crippen molar-refractivity contribution in [3.63, 3.8) is 0 Å². The van der Waals surface area contributed by atoms with Gasteiger partial charge in [0.05, 0.1) is 4.88 Å². The number of nitrogens with zero attached hydrogens (tertiary/aromatic N) is 1. The highest BCUT2D eigenvalue weighted by molar-refractivity contribution is 9.10. The maximum Gasteiger partial charge on any atom is 0.410 e. The fourth-order valence-corrected chi connectivity index (χ4v) is 5.48. The van der Waals surface area contributed by atoms with Gasteiger partial charge in [-0.05, 0) is 49.6 Å². The number of hydrogen-bond acceptors (Lipinski definition) is 4. The van der Waals surface area contributed by atoms with Gasteiger partial charge < -0.3 is 9.84 Å². The van der Waals surface area contributed by atoms with Crippen LogP contribution in [0.3, 0.4) is 0 Å². The lowest BCUT2D eigenvalue weighted by atomic mass is 9.98. The number of rotatable bonds is 5. The molecule has 0 saturated carbocycles. The van der Waals surface area contributed by atoms with Crippen LogP contribution in [0.25, 0.3) is 11.1 Å². The van der Waals surface area contributed by atoms with Gasteiger partial charge in [-0.2, -0.15) is 0 Å². The van der Waals surface area contributed by atoms with Crippen molar-refractivity contribution in [1.82, 2.24) is 4.90 Å². The zero-order chi connectivity index (χ0) is 20.5. The fourth-order valence-electron chi connectivity index (χ4n) is 3.76. The highest BCUT2D eigenvalue weighted by Crippen LogP contribution is 2.44. The summed E-state index contributed by atoms with van der Waals surface area (Å²) in [5.74, 6) is -1.18. The van der Waals surface area contributed by atoms with E-state index < -0.39 is 18.1 Å². The maximum atomic E-state index is 12.7. The number of thiophene rings is 1. The van der Waals surface area contributed by atoms with E-state index in [1.165, 1.54) is 18.4 Å². The van der Waals surface area contributed by atoms with Gasteiger partial charge in [-0.25, -0.2) is 9.59 Å². The standard InChI is InChI=1S/C22H18BrNO4S/c1-24(19(21(25)26)20-18(23)10-11-29-20)22(27)28-12-17-15-8-4-2-6-13(15)14-7-3-5-9-16(14)17/h2-11,17,19H,12H2,1H3,(H,25,26). The Morgan fingerprint density at radius 1 is 1.10 bits per heavy atom. The van der Waals surface area contributed by atoms with Gasteiger partial charge in [-0.15, -0.1) is 11.3 Å². The number of carbonyl (C=O) groups is 2. The molecule has 0 bridgehead atoms. The van der Waals surface area contributed by atoms with Gasteiger partial charge in [0, 0.05) is 17.4 Å². The van der Waals surface area contributed by atoms with Crippen LogP contribution in [-0.4, -0.2) is 35.7 Å². The van der Waals surface area contributed by atoms with Gasteiger partial charge in [0.1, 0.15) is 6.61 Å². The highest BCUT2D eigenvalue weighted by Gasteiger charge is 2.34. The van der Waals surface area contributed by atoms with E-state index in [-0.39, 0.29) is 12.5 Å². The lowest BCUT2D eigenvalue weighted by Gasteiger charge is -2.25. The predicted octanol–water partition coefficient (Wildman–Crippen LogP) is 5.52. The average molecular weight is 472 g/mol. The largest absolute Gasteiger partial charge is 0.479 e. The number of aliphatic carboxylic acids is 1. The Kier molecular flexibility index (Phi) is 5.43. The number of benzene rings is 2. The van der Waals surface area contributed by atoms with Gasteiger partial charge in [-0.3, -0.25) is 4.90 Å². The molecule has 29 heavy (non-hydrogen) atoms. The van der Waals surface area contributed by atoms with Crippen molar-refractivity contribution in [3.8, 4) is 11.1 Å². The van der Waals surface area contributed by atoms with Crippen LogP contribution < -0.4 is 0 Å². The first-order valence-electron chi connectivity index (χ1n) is 9.02. The van der Waals surface area contributed by atoms with Crippen molar-refractivity contribution in [2.75, 3.05) is 13.7 Å². The first-order chi connectivity index (χ1) is 14.0. The van der Waals surface area contributed by atoms with Gasteiger partial charge in [0.2, 0.25) is 0 Å². The minimum Gasteiger partial charge on any atom is -0.479 e. The molecule has 1 amide bonds. The molecule has 2 aromatic carbocycles. The zero-order valence-electron chi connectivity index (χ0n) is 15.5. The second-order valence-corrected chi connectivity index (χ2v) is 8.59. The van der Waals surface area contributed by atoms with E-state index in [4.69, 9.17) is 4.74 Å². The molecule has 0 spiro atoms. The first-order valence-corrected chi connectivity index (χ1v) is 10.7. The molecule has 1 aliphatic rings. The van der Waals surface area contributed by atoms with Gasteiger partial charge in [0.25, 0.3) is 0 Å². The summed E-state index contributed by atoms with van der Waals surface area (Å²) in [6.45, 7) is 0.148. The molecular weight excluding hydrogens is 454 g/mol. The molecule has 1 atom stereocenters. The van der Waals surface area contributed by atoms with E-state index in [1.54, 1.807) is 11.4 Å². The summed E-state index contributed by atoms with van der Waals surface area (Å²) in [4.78, 5) is 26.2. The molecule has 5 nitrogen and oxygen atoms in total. The third kappa shape index (κ3) is 3.56. The van der Waals surface area contributed by atoms with Crippen molar-refractivity contribution in [2.24, 2.45) is 0 Å². The van der Waals surface area contributed by atoms with Crippen molar-refractivity contribution < 1.29 is 19.4 Å². The Hall–Kier alpha value is -2.64. The van der Waals surface area contributed by atoms with Crippen LogP contribution in [0.2, 0.25) is 0 Å². The van der Waals surface area contributed by atoms with Crippen LogP contribution in [0.4, 0.5) is 4.79 Å². The summed E-state index contributed by atoms with van der Waals surface area (Å²) in [5.41, 5.74) is 4.51. The van der Waals surface area contributed by atoms with Crippen molar-refractivity contribution in [2.45, 2.75) is 12.0 Å². The summed E-state index contributed by atoms with van der Waals surface area (Å²) < 4.78 is 6.24. The summed E-state index contributed by atoms with van der Waals surface area (Å²) in [6.07, 6.45) is -0.667. The second-order valence-electron chi connectivity index (χ2n) is 6.79. The number of likely N-dealkylation sites (N-methyl/N-ethyl adjacent to an activating group) is 1. The fraction of sp³-hybridized carbons (Fsp3) is 0.182. The van der Waals surface area contributed by atoms with Crippen molar-refractivity contribution in [3.05, 3.63) is 80.5 Å². The molecule has 4 rings (SSSR count). The number of amides is 1. The van der Waals surface area contributed by atoms with Crippen LogP contribution >= 0.6 is 27.3 Å². The molecule has 1 N–H and O–H groups in total. The Bertz CT molecular complexity index is 1030. The monoisotopic (exact) mass is 471 g/mol. The molecule has 0 fully saturated rings. The molecular formula is C22H18BrNO4S. The maximum absolute atomic E-state index is 12.7. The number of carboxylic acids is 1. The van der Waals surface area contributed by atoms with Crippen molar-refractivity contribution >= 4 is 39.3 Å². The number of carbonyl (C=O) groups excluding carboxylic acids is 1. The topological polar surface area (TPSA) is 66.8 Å². The smallest absolute Gasteiger partial charge is 0.410 e. The molecule has 1 aromatic heterocycles. The third-order valence-corrected chi connectivity index (χ3v) is 7.06.